The average molecular weight is 935 g/mol. The van der Waals surface area contributed by atoms with Crippen molar-refractivity contribution >= 4 is 41.5 Å². The molecular formula is C50H78N8O9. The van der Waals surface area contributed by atoms with Crippen LogP contribution in [0.4, 0.5) is 0 Å². The number of aryl methyl sites for hydroxylation is 1. The second-order valence-corrected chi connectivity index (χ2v) is 22.3. The van der Waals surface area contributed by atoms with E-state index in [1.807, 2.05) is 0 Å². The lowest BCUT2D eigenvalue weighted by molar-refractivity contribution is -0.250. The predicted octanol–water partition coefficient (Wildman–Crippen LogP) is 4.76. The Hall–Kier alpha value is -4.67. The summed E-state index contributed by atoms with van der Waals surface area (Å²) < 4.78 is 7.77. The van der Waals surface area contributed by atoms with Gasteiger partial charge in [-0.15, -0.1) is 5.10 Å². The quantitative estimate of drug-likeness (QED) is 0.0588. The summed E-state index contributed by atoms with van der Waals surface area (Å²) in [5.74, 6) is -1.56. The minimum Gasteiger partial charge on any atom is -0.481 e. The first-order chi connectivity index (χ1) is 31.5. The second kappa shape index (κ2) is 20.5. The van der Waals surface area contributed by atoms with Crippen molar-refractivity contribution in [3.05, 3.63) is 24.0 Å². The summed E-state index contributed by atoms with van der Waals surface area (Å²) in [7, 11) is 0. The number of unbranched alkanes of at least 4 members (excludes halogenated alkanes) is 1. The van der Waals surface area contributed by atoms with Gasteiger partial charge in [0.1, 0.15) is 12.6 Å². The number of nitrogens with zero attached hydrogens (tertiary/aromatic N) is 3. The molecule has 0 radical (unpaired) electrons. The lowest BCUT2D eigenvalue weighted by atomic mass is 9.32. The Labute approximate surface area is 396 Å². The molecule has 5 saturated carbocycles. The number of amides is 5. The van der Waals surface area contributed by atoms with Crippen molar-refractivity contribution in [3.8, 4) is 0 Å². The Morgan fingerprint density at radius 1 is 0.851 bits per heavy atom. The molecule has 372 valence electrons. The van der Waals surface area contributed by atoms with E-state index in [-0.39, 0.29) is 84.0 Å². The molecule has 7 N–H and O–H groups in total. The minimum atomic E-state index is -0.672. The molecule has 5 aliphatic rings. The Morgan fingerprint density at radius 3 is 2.28 bits per heavy atom. The number of aromatic nitrogens is 3. The Balaban J connectivity index is 0.925. The third kappa shape index (κ3) is 10.5. The van der Waals surface area contributed by atoms with Gasteiger partial charge in [0.25, 0.3) is 0 Å². The predicted molar refractivity (Wildman–Crippen MR) is 249 cm³/mol. The van der Waals surface area contributed by atoms with Gasteiger partial charge < -0.3 is 31.5 Å². The van der Waals surface area contributed by atoms with E-state index in [1.54, 1.807) is 6.20 Å². The van der Waals surface area contributed by atoms with Gasteiger partial charge in [0.15, 0.2) is 0 Å². The van der Waals surface area contributed by atoms with Gasteiger partial charge in [0.05, 0.1) is 30.1 Å². The number of nitrogens with two attached hydrogens (primary N) is 1. The first-order valence-corrected chi connectivity index (χ1v) is 24.8. The highest BCUT2D eigenvalue weighted by Gasteiger charge is 2.72. The molecule has 0 spiro atoms. The summed E-state index contributed by atoms with van der Waals surface area (Å²) in [6, 6.07) is -0.672. The number of primary amides is 1. The SMILES string of the molecule is C=C(C)[C@@H]1CC[C@]2(C(=O)O)CC[C@]3(C)[C@H](CC[C@@H]4[C@@]5(C)CC[C@H](OC(=O)CCc6cn(CC(=O)NCCCCC(NCCC(=O)NCC(=O)NC(C)=O)C(N)=O)nn6)C(C)(C)[C@@H]5CC[C@]43C)[C@@H]12. The fraction of sp³-hybridized carbons (Fsp3) is 0.780. The molecule has 5 fully saturated rings. The first kappa shape index (κ1) is 51.7. The van der Waals surface area contributed by atoms with E-state index in [0.717, 1.165) is 69.8 Å². The smallest absolute Gasteiger partial charge is 0.309 e. The Morgan fingerprint density at radius 2 is 1.60 bits per heavy atom. The number of carbonyl (C=O) groups excluding carboxylic acids is 6. The fourth-order valence-corrected chi connectivity index (χ4v) is 14.8. The summed E-state index contributed by atoms with van der Waals surface area (Å²) in [6.07, 6.45) is 13.1. The summed E-state index contributed by atoms with van der Waals surface area (Å²) >= 11 is 0. The number of imide groups is 1. The van der Waals surface area contributed by atoms with Crippen molar-refractivity contribution < 1.29 is 43.4 Å². The number of nitrogens with one attached hydrogen (secondary N) is 4. The van der Waals surface area contributed by atoms with E-state index in [0.29, 0.717) is 55.7 Å². The molecule has 17 heteroatoms. The number of carboxylic acids is 1. The molecule has 0 bridgehead atoms. The van der Waals surface area contributed by atoms with Gasteiger partial charge in [0.2, 0.25) is 29.5 Å². The number of allylic oxidation sites excluding steroid dienone is 1. The van der Waals surface area contributed by atoms with Crippen LogP contribution in [0.2, 0.25) is 0 Å². The molecule has 17 nitrogen and oxygen atoms in total. The molecule has 6 rings (SSSR count). The number of carbonyl (C=O) groups is 7. The van der Waals surface area contributed by atoms with Gasteiger partial charge in [-0.3, -0.25) is 38.9 Å². The third-order valence-corrected chi connectivity index (χ3v) is 18.3. The number of aliphatic carboxylic acids is 1. The van der Waals surface area contributed by atoms with E-state index in [2.05, 4.69) is 79.7 Å². The zero-order valence-electron chi connectivity index (χ0n) is 41.1. The molecule has 11 atom stereocenters. The van der Waals surface area contributed by atoms with E-state index in [1.165, 1.54) is 11.6 Å². The number of rotatable bonds is 20. The lowest BCUT2D eigenvalue weighted by Gasteiger charge is -2.72. The monoisotopic (exact) mass is 935 g/mol. The number of hydrogen-bond acceptors (Lipinski definition) is 11. The van der Waals surface area contributed by atoms with Crippen LogP contribution in [0, 0.1) is 56.7 Å². The first-order valence-electron chi connectivity index (χ1n) is 24.8. The van der Waals surface area contributed by atoms with E-state index in [9.17, 15) is 38.7 Å². The van der Waals surface area contributed by atoms with Crippen LogP contribution in [-0.4, -0.2) is 93.4 Å². The molecule has 5 amide bonds. The summed E-state index contributed by atoms with van der Waals surface area (Å²) in [6.45, 7) is 20.0. The lowest BCUT2D eigenvalue weighted by Crippen LogP contribution is -2.67. The van der Waals surface area contributed by atoms with Crippen molar-refractivity contribution in [2.75, 3.05) is 19.6 Å². The van der Waals surface area contributed by atoms with Crippen LogP contribution >= 0.6 is 0 Å². The van der Waals surface area contributed by atoms with Crippen molar-refractivity contribution in [2.45, 2.75) is 170 Å². The largest absolute Gasteiger partial charge is 0.481 e. The third-order valence-electron chi connectivity index (χ3n) is 18.3. The minimum absolute atomic E-state index is 0.000807. The standard InChI is InChI=1S/C50H78N8O9/c1-30(2)33-16-22-50(45(65)66)24-23-48(7)34(43(33)50)13-14-37-47(6)20-18-38(46(4,5)36(47)17-21-49(37,48)8)67-42(63)15-12-32-28-58(57-56-32)29-41(62)53-25-10-9-11-35(44(51)64)52-26-19-39(60)54-27-40(61)55-31(3)59/h28,33-38,43,52H,1,9-27,29H2,2-8H3,(H2,51,64)(H,53,62)(H,54,60)(H,65,66)(H,55,59,61)/t33-,34+,35?,36-,37+,38-,43+,47-,48+,49+,50-/m0/s1. The average Bonchev–Trinajstić information content (AvgIpc) is 3.88. The molecule has 0 aromatic carbocycles. The van der Waals surface area contributed by atoms with E-state index < -0.39 is 41.1 Å². The highest BCUT2D eigenvalue weighted by molar-refractivity contribution is 5.96. The molecule has 67 heavy (non-hydrogen) atoms. The zero-order chi connectivity index (χ0) is 49.1. The molecular weight excluding hydrogens is 857 g/mol. The highest BCUT2D eigenvalue weighted by Crippen LogP contribution is 2.77. The van der Waals surface area contributed by atoms with Crippen molar-refractivity contribution in [3.63, 3.8) is 0 Å². The number of fused-ring (bicyclic) bond motifs is 7. The van der Waals surface area contributed by atoms with E-state index in [4.69, 9.17) is 10.5 Å². The zero-order valence-corrected chi connectivity index (χ0v) is 41.1. The van der Waals surface area contributed by atoms with Crippen molar-refractivity contribution in [2.24, 2.45) is 62.4 Å². The molecule has 5 aliphatic carbocycles. The van der Waals surface area contributed by atoms with Gasteiger partial charge in [-0.05, 0) is 136 Å². The molecule has 1 unspecified atom stereocenters. The molecule has 0 aliphatic heterocycles. The van der Waals surface area contributed by atoms with Gasteiger partial charge in [-0.1, -0.05) is 52.0 Å². The topological polar surface area (TPSA) is 254 Å². The van der Waals surface area contributed by atoms with Crippen molar-refractivity contribution in [1.82, 2.24) is 36.3 Å². The molecule has 1 heterocycles. The Kier molecular flexibility index (Phi) is 15.8. The summed E-state index contributed by atoms with van der Waals surface area (Å²) in [5.41, 5.74) is 6.64. The van der Waals surface area contributed by atoms with Gasteiger partial charge >= 0.3 is 11.9 Å². The van der Waals surface area contributed by atoms with Crippen molar-refractivity contribution in [1.29, 1.82) is 0 Å². The summed E-state index contributed by atoms with van der Waals surface area (Å²) in [5, 5.41) is 29.3. The molecule has 1 aromatic rings. The van der Waals surface area contributed by atoms with Gasteiger partial charge in [-0.2, -0.15) is 0 Å². The number of hydrogen-bond donors (Lipinski definition) is 6. The second-order valence-electron chi connectivity index (χ2n) is 22.3. The number of esters is 1. The van der Waals surface area contributed by atoms with Crippen LogP contribution in [-0.2, 0) is 51.3 Å². The fourth-order valence-electron chi connectivity index (χ4n) is 14.8. The van der Waals surface area contributed by atoms with Gasteiger partial charge in [-0.25, -0.2) is 4.68 Å². The number of carboxylic acid groups (broad SMARTS) is 1. The van der Waals surface area contributed by atoms with Crippen LogP contribution in [0.1, 0.15) is 150 Å². The maximum absolute atomic E-state index is 13.5. The normalized spacial score (nSPS) is 33.1. The van der Waals surface area contributed by atoms with Crippen LogP contribution in [0.15, 0.2) is 18.3 Å². The van der Waals surface area contributed by atoms with Crippen LogP contribution in [0.3, 0.4) is 0 Å². The van der Waals surface area contributed by atoms with Gasteiger partial charge in [0, 0.05) is 44.5 Å². The Bertz CT molecular complexity index is 2070. The summed E-state index contributed by atoms with van der Waals surface area (Å²) in [4.78, 5) is 85.5. The number of ether oxygens (including phenoxy) is 1. The van der Waals surface area contributed by atoms with Crippen LogP contribution in [0.5, 0.6) is 0 Å². The van der Waals surface area contributed by atoms with Crippen LogP contribution < -0.4 is 27.0 Å². The highest BCUT2D eigenvalue weighted by atomic mass is 16.5. The van der Waals surface area contributed by atoms with Crippen LogP contribution in [0.25, 0.3) is 0 Å². The van der Waals surface area contributed by atoms with E-state index >= 15 is 0 Å². The maximum Gasteiger partial charge on any atom is 0.309 e. The molecule has 0 saturated heterocycles. The maximum atomic E-state index is 13.5. The molecule has 1 aromatic heterocycles.